The third-order valence-corrected chi connectivity index (χ3v) is 4.97. The van der Waals surface area contributed by atoms with Gasteiger partial charge in [-0.1, -0.05) is 18.2 Å². The number of carbonyl (C=O) groups is 1. The molecule has 0 radical (unpaired) electrons. The molecule has 1 aromatic heterocycles. The van der Waals surface area contributed by atoms with Gasteiger partial charge in [-0.15, -0.1) is 0 Å². The van der Waals surface area contributed by atoms with Crippen LogP contribution in [0.5, 0.6) is 11.6 Å². The van der Waals surface area contributed by atoms with Crippen molar-refractivity contribution in [3.63, 3.8) is 0 Å². The Hall–Kier alpha value is -4.07. The zero-order valence-corrected chi connectivity index (χ0v) is 17.7. The molecule has 0 unspecified atom stereocenters. The summed E-state index contributed by atoms with van der Waals surface area (Å²) < 4.78 is 48.4. The van der Waals surface area contributed by atoms with E-state index in [1.165, 1.54) is 65.3 Å². The van der Waals surface area contributed by atoms with Gasteiger partial charge in [0, 0.05) is 18.1 Å². The van der Waals surface area contributed by atoms with E-state index in [9.17, 15) is 18.0 Å². The van der Waals surface area contributed by atoms with E-state index in [1.54, 1.807) is 19.1 Å². The molecule has 0 bridgehead atoms. The first kappa shape index (κ1) is 22.1. The molecule has 0 atom stereocenters. The molecule has 168 valence electrons. The van der Waals surface area contributed by atoms with Gasteiger partial charge in [-0.25, -0.2) is 17.9 Å². The van der Waals surface area contributed by atoms with Gasteiger partial charge in [0.2, 0.25) is 11.8 Å². The van der Waals surface area contributed by atoms with Gasteiger partial charge < -0.3 is 10.1 Å². The van der Waals surface area contributed by atoms with Gasteiger partial charge in [0.05, 0.1) is 17.1 Å². The fourth-order valence-electron chi connectivity index (χ4n) is 3.34. The largest absolute Gasteiger partial charge is 0.439 e. The number of aromatic nitrogens is 2. The normalized spacial score (nSPS) is 10.8. The van der Waals surface area contributed by atoms with Crippen molar-refractivity contribution in [3.8, 4) is 17.3 Å². The van der Waals surface area contributed by atoms with E-state index < -0.39 is 17.5 Å². The first-order chi connectivity index (χ1) is 15.9. The Labute approximate surface area is 188 Å². The Balaban J connectivity index is 1.62. The summed E-state index contributed by atoms with van der Waals surface area (Å²) in [6.07, 6.45) is 0.266. The molecule has 0 fully saturated rings. The van der Waals surface area contributed by atoms with E-state index in [0.717, 1.165) is 0 Å². The first-order valence-electron chi connectivity index (χ1n) is 10.2. The minimum Gasteiger partial charge on any atom is -0.439 e. The van der Waals surface area contributed by atoms with Crippen LogP contribution >= 0.6 is 0 Å². The van der Waals surface area contributed by atoms with E-state index in [4.69, 9.17) is 4.74 Å². The van der Waals surface area contributed by atoms with Crippen LogP contribution in [-0.2, 0) is 11.2 Å². The highest BCUT2D eigenvalue weighted by molar-refractivity contribution is 5.91. The Morgan fingerprint density at radius 3 is 2.45 bits per heavy atom. The Morgan fingerprint density at radius 2 is 1.73 bits per heavy atom. The molecule has 0 spiro atoms. The molecule has 33 heavy (non-hydrogen) atoms. The lowest BCUT2D eigenvalue weighted by Crippen LogP contribution is -2.13. The van der Waals surface area contributed by atoms with Crippen LogP contribution in [0.15, 0.2) is 72.8 Å². The van der Waals surface area contributed by atoms with Crippen LogP contribution in [0, 0.1) is 24.4 Å². The quantitative estimate of drug-likeness (QED) is 0.377. The average Bonchev–Trinajstić information content (AvgIpc) is 3.09. The number of benzene rings is 3. The second-order valence-corrected chi connectivity index (χ2v) is 7.34. The van der Waals surface area contributed by atoms with Crippen LogP contribution in [-0.4, -0.2) is 15.7 Å². The fourth-order valence-corrected chi connectivity index (χ4v) is 3.34. The molecule has 8 heteroatoms. The van der Waals surface area contributed by atoms with E-state index in [0.29, 0.717) is 16.9 Å². The number of ether oxygens (including phenoxy) is 1. The van der Waals surface area contributed by atoms with E-state index in [1.807, 2.05) is 0 Å². The van der Waals surface area contributed by atoms with Crippen LogP contribution in [0.25, 0.3) is 5.69 Å². The molecular formula is C25H20F3N3O2. The number of rotatable bonds is 7. The second-order valence-electron chi connectivity index (χ2n) is 7.34. The highest BCUT2D eigenvalue weighted by Crippen LogP contribution is 2.32. The number of halogens is 3. The summed E-state index contributed by atoms with van der Waals surface area (Å²) in [4.78, 5) is 12.4. The van der Waals surface area contributed by atoms with Crippen molar-refractivity contribution in [1.82, 2.24) is 9.78 Å². The Morgan fingerprint density at radius 1 is 0.970 bits per heavy atom. The van der Waals surface area contributed by atoms with Crippen LogP contribution in [0.4, 0.5) is 18.9 Å². The third-order valence-electron chi connectivity index (χ3n) is 4.97. The summed E-state index contributed by atoms with van der Waals surface area (Å²) in [6, 6.07) is 17.2. The molecule has 4 aromatic rings. The summed E-state index contributed by atoms with van der Waals surface area (Å²) in [5, 5.41) is 7.04. The van der Waals surface area contributed by atoms with Gasteiger partial charge in [-0.2, -0.15) is 5.10 Å². The molecule has 4 rings (SSSR count). The number of para-hydroxylation sites is 1. The van der Waals surface area contributed by atoms with Gasteiger partial charge in [0.15, 0.2) is 0 Å². The van der Waals surface area contributed by atoms with Crippen molar-refractivity contribution < 1.29 is 22.7 Å². The minimum atomic E-state index is -0.527. The topological polar surface area (TPSA) is 56.2 Å². The number of hydrogen-bond acceptors (Lipinski definition) is 3. The smallest absolute Gasteiger partial charge is 0.226 e. The van der Waals surface area contributed by atoms with Crippen molar-refractivity contribution in [2.75, 3.05) is 5.32 Å². The summed E-state index contributed by atoms with van der Waals surface area (Å²) in [7, 11) is 0. The number of carbonyl (C=O) groups excluding carboxylic acids is 1. The summed E-state index contributed by atoms with van der Waals surface area (Å²) in [5.41, 5.74) is 1.84. The number of nitrogens with zero attached hydrogens (tertiary/aromatic N) is 2. The maximum atomic E-state index is 13.8. The molecule has 3 aromatic carbocycles. The van der Waals surface area contributed by atoms with Crippen molar-refractivity contribution in [1.29, 1.82) is 0 Å². The van der Waals surface area contributed by atoms with Crippen LogP contribution < -0.4 is 10.1 Å². The van der Waals surface area contributed by atoms with Gasteiger partial charge in [-0.05, 0) is 61.9 Å². The van der Waals surface area contributed by atoms with E-state index in [2.05, 4.69) is 10.4 Å². The zero-order valence-electron chi connectivity index (χ0n) is 17.7. The van der Waals surface area contributed by atoms with E-state index >= 15 is 0 Å². The molecule has 0 saturated heterocycles. The molecule has 5 nitrogen and oxygen atoms in total. The lowest BCUT2D eigenvalue weighted by molar-refractivity contribution is -0.116. The molecule has 0 aliphatic rings. The molecule has 0 aliphatic heterocycles. The molecule has 1 N–H and O–H groups in total. The number of amides is 1. The molecular weight excluding hydrogens is 431 g/mol. The Kier molecular flexibility index (Phi) is 6.44. The van der Waals surface area contributed by atoms with Crippen LogP contribution in [0.3, 0.4) is 0 Å². The lowest BCUT2D eigenvalue weighted by Gasteiger charge is -2.12. The fraction of sp³-hybridized carbons (Fsp3) is 0.120. The van der Waals surface area contributed by atoms with Crippen LogP contribution in [0.2, 0.25) is 0 Å². The SMILES string of the molecule is Cc1nn(-c2ccc(F)cc2)c(Oc2cccc(F)c2)c1CCC(=O)Nc1ccccc1F. The monoisotopic (exact) mass is 451 g/mol. The summed E-state index contributed by atoms with van der Waals surface area (Å²) in [6.45, 7) is 1.75. The first-order valence-corrected chi connectivity index (χ1v) is 10.2. The predicted molar refractivity (Wildman–Crippen MR) is 118 cm³/mol. The zero-order chi connectivity index (χ0) is 23.4. The van der Waals surface area contributed by atoms with Gasteiger partial charge >= 0.3 is 0 Å². The van der Waals surface area contributed by atoms with Crippen LogP contribution in [0.1, 0.15) is 17.7 Å². The lowest BCUT2D eigenvalue weighted by atomic mass is 10.1. The number of anilines is 1. The predicted octanol–water partition coefficient (Wildman–Crippen LogP) is 5.96. The number of nitrogens with one attached hydrogen (secondary N) is 1. The highest BCUT2D eigenvalue weighted by atomic mass is 19.1. The molecule has 0 aliphatic carbocycles. The maximum Gasteiger partial charge on any atom is 0.226 e. The van der Waals surface area contributed by atoms with Gasteiger partial charge in [0.1, 0.15) is 23.2 Å². The van der Waals surface area contributed by atoms with Crippen molar-refractivity contribution >= 4 is 11.6 Å². The van der Waals surface area contributed by atoms with Crippen molar-refractivity contribution in [2.45, 2.75) is 19.8 Å². The third kappa shape index (κ3) is 5.23. The van der Waals surface area contributed by atoms with E-state index in [-0.39, 0.29) is 36.1 Å². The van der Waals surface area contributed by atoms with Gasteiger partial charge in [0.25, 0.3) is 0 Å². The second kappa shape index (κ2) is 9.60. The molecule has 1 heterocycles. The van der Waals surface area contributed by atoms with Crippen molar-refractivity contribution in [3.05, 3.63) is 102 Å². The van der Waals surface area contributed by atoms with Gasteiger partial charge in [-0.3, -0.25) is 4.79 Å². The maximum absolute atomic E-state index is 13.8. The minimum absolute atomic E-state index is 0.0315. The molecule has 1 amide bonds. The average molecular weight is 451 g/mol. The van der Waals surface area contributed by atoms with Crippen molar-refractivity contribution in [2.24, 2.45) is 0 Å². The number of aryl methyl sites for hydroxylation is 1. The standard InChI is InChI=1S/C25H20F3N3O2/c1-16-21(13-14-24(32)29-23-8-3-2-7-22(23)28)25(33-20-6-4-5-18(27)15-20)31(30-16)19-11-9-17(26)10-12-19/h2-12,15H,13-14H2,1H3,(H,29,32). The highest BCUT2D eigenvalue weighted by Gasteiger charge is 2.20. The summed E-state index contributed by atoms with van der Waals surface area (Å²) in [5.74, 6) is -1.26. The number of hydrogen-bond donors (Lipinski definition) is 1. The molecule has 0 saturated carbocycles. The Bertz CT molecular complexity index is 1290. The summed E-state index contributed by atoms with van der Waals surface area (Å²) >= 11 is 0.